The molecule has 0 radical (unpaired) electrons. The molecule has 1 aromatic heterocycles. The van der Waals surface area contributed by atoms with E-state index in [2.05, 4.69) is 17.3 Å². The summed E-state index contributed by atoms with van der Waals surface area (Å²) in [5.41, 5.74) is 1.96. The minimum Gasteiger partial charge on any atom is -0.313 e. The number of hydrogen-bond donors (Lipinski definition) is 1. The highest BCUT2D eigenvalue weighted by atomic mass is 35.5. The second-order valence-corrected chi connectivity index (χ2v) is 4.51. The third-order valence-electron chi connectivity index (χ3n) is 2.37. The maximum absolute atomic E-state index is 6.12. The fourth-order valence-electron chi connectivity index (χ4n) is 1.52. The highest BCUT2D eigenvalue weighted by Gasteiger charge is 2.05. The van der Waals surface area contributed by atoms with Gasteiger partial charge >= 0.3 is 0 Å². The number of halogens is 2. The predicted molar refractivity (Wildman–Crippen MR) is 71.0 cm³/mol. The van der Waals surface area contributed by atoms with Crippen molar-refractivity contribution in [2.75, 3.05) is 6.54 Å². The zero-order chi connectivity index (χ0) is 12.3. The zero-order valence-electron chi connectivity index (χ0n) is 9.45. The van der Waals surface area contributed by atoms with Gasteiger partial charge in [0.25, 0.3) is 0 Å². The monoisotopic (exact) mass is 269 g/mol. The van der Waals surface area contributed by atoms with Crippen LogP contribution in [0.25, 0.3) is 5.69 Å². The average Bonchev–Trinajstić information content (AvgIpc) is 2.75. The van der Waals surface area contributed by atoms with E-state index < -0.39 is 0 Å². The Morgan fingerprint density at radius 1 is 1.35 bits per heavy atom. The van der Waals surface area contributed by atoms with Crippen molar-refractivity contribution in [3.8, 4) is 5.69 Å². The highest BCUT2D eigenvalue weighted by molar-refractivity contribution is 6.35. The van der Waals surface area contributed by atoms with Crippen molar-refractivity contribution < 1.29 is 0 Å². The zero-order valence-corrected chi connectivity index (χ0v) is 11.0. The first-order chi connectivity index (χ1) is 8.20. The molecule has 0 atom stereocenters. The number of hydrogen-bond acceptors (Lipinski definition) is 2. The molecule has 0 aliphatic heterocycles. The molecular weight excluding hydrogens is 257 g/mol. The normalized spacial score (nSPS) is 10.8. The Balaban J connectivity index is 2.24. The smallest absolute Gasteiger partial charge is 0.0832 e. The van der Waals surface area contributed by atoms with Crippen molar-refractivity contribution in [1.29, 1.82) is 0 Å². The van der Waals surface area contributed by atoms with E-state index in [9.17, 15) is 0 Å². The van der Waals surface area contributed by atoms with E-state index in [0.29, 0.717) is 10.0 Å². The van der Waals surface area contributed by atoms with Crippen molar-refractivity contribution in [1.82, 2.24) is 15.1 Å². The van der Waals surface area contributed by atoms with Crippen molar-refractivity contribution in [3.05, 3.63) is 46.2 Å². The number of aromatic nitrogens is 2. The first kappa shape index (κ1) is 12.4. The highest BCUT2D eigenvalue weighted by Crippen LogP contribution is 2.23. The molecule has 0 aliphatic rings. The molecule has 1 heterocycles. The van der Waals surface area contributed by atoms with Crippen molar-refractivity contribution in [2.24, 2.45) is 0 Å². The van der Waals surface area contributed by atoms with Crippen molar-refractivity contribution in [3.63, 3.8) is 0 Å². The van der Waals surface area contributed by atoms with Crippen LogP contribution < -0.4 is 5.32 Å². The second kappa shape index (κ2) is 5.54. The minimum absolute atomic E-state index is 0.593. The van der Waals surface area contributed by atoms with E-state index in [1.54, 1.807) is 16.8 Å². The summed E-state index contributed by atoms with van der Waals surface area (Å²) >= 11 is 12.0. The Kier molecular flexibility index (Phi) is 4.05. The molecule has 3 nitrogen and oxygen atoms in total. The third kappa shape index (κ3) is 3.00. The van der Waals surface area contributed by atoms with Crippen LogP contribution in [0.5, 0.6) is 0 Å². The Morgan fingerprint density at radius 2 is 2.18 bits per heavy atom. The summed E-state index contributed by atoms with van der Waals surface area (Å²) < 4.78 is 1.76. The predicted octanol–water partition coefficient (Wildman–Crippen LogP) is 3.29. The van der Waals surface area contributed by atoms with Crippen LogP contribution in [0.2, 0.25) is 10.0 Å². The van der Waals surface area contributed by atoms with Crippen molar-refractivity contribution in [2.45, 2.75) is 13.5 Å². The van der Waals surface area contributed by atoms with Crippen LogP contribution in [-0.4, -0.2) is 16.3 Å². The fraction of sp³-hybridized carbons (Fsp3) is 0.250. The third-order valence-corrected chi connectivity index (χ3v) is 2.91. The molecule has 0 saturated heterocycles. The Bertz CT molecular complexity index is 508. The molecule has 0 fully saturated rings. The van der Waals surface area contributed by atoms with Gasteiger partial charge in [-0.2, -0.15) is 5.10 Å². The maximum Gasteiger partial charge on any atom is 0.0832 e. The van der Waals surface area contributed by atoms with E-state index in [1.807, 2.05) is 18.5 Å². The van der Waals surface area contributed by atoms with Crippen LogP contribution in [0.15, 0.2) is 30.6 Å². The first-order valence-corrected chi connectivity index (χ1v) is 6.16. The molecule has 0 amide bonds. The van der Waals surface area contributed by atoms with Gasteiger partial charge in [0, 0.05) is 23.3 Å². The molecule has 90 valence electrons. The molecule has 5 heteroatoms. The summed E-state index contributed by atoms with van der Waals surface area (Å²) in [6.45, 7) is 3.81. The minimum atomic E-state index is 0.593. The molecule has 0 saturated carbocycles. The largest absolute Gasteiger partial charge is 0.313 e. The molecule has 0 unspecified atom stereocenters. The average molecular weight is 270 g/mol. The Hall–Kier alpha value is -1.03. The Morgan fingerprint density at radius 3 is 2.88 bits per heavy atom. The molecule has 2 aromatic rings. The lowest BCUT2D eigenvalue weighted by Gasteiger charge is -2.04. The molecule has 1 aromatic carbocycles. The maximum atomic E-state index is 6.12. The van der Waals surface area contributed by atoms with Gasteiger partial charge in [0.15, 0.2) is 0 Å². The van der Waals surface area contributed by atoms with Crippen molar-refractivity contribution >= 4 is 23.2 Å². The molecule has 1 N–H and O–H groups in total. The van der Waals surface area contributed by atoms with Gasteiger partial charge in [0.2, 0.25) is 0 Å². The van der Waals surface area contributed by atoms with Crippen LogP contribution in [0.1, 0.15) is 12.5 Å². The molecule has 17 heavy (non-hydrogen) atoms. The van der Waals surface area contributed by atoms with Gasteiger partial charge in [0.1, 0.15) is 0 Å². The molecule has 0 aliphatic carbocycles. The summed E-state index contributed by atoms with van der Waals surface area (Å²) in [6.07, 6.45) is 3.78. The summed E-state index contributed by atoms with van der Waals surface area (Å²) in [5.74, 6) is 0. The standard InChI is InChI=1S/C12H13Cl2N3/c1-2-15-6-9-7-16-17(8-9)12-4-3-10(13)5-11(12)14/h3-5,7-8,15H,2,6H2,1H3. The second-order valence-electron chi connectivity index (χ2n) is 3.67. The van der Waals surface area contributed by atoms with E-state index in [4.69, 9.17) is 23.2 Å². The lowest BCUT2D eigenvalue weighted by Crippen LogP contribution is -2.10. The molecule has 0 bridgehead atoms. The lowest BCUT2D eigenvalue weighted by molar-refractivity contribution is 0.726. The van der Waals surface area contributed by atoms with E-state index in [-0.39, 0.29) is 0 Å². The first-order valence-electron chi connectivity index (χ1n) is 5.40. The van der Waals surface area contributed by atoms with Crippen LogP contribution in [0.3, 0.4) is 0 Å². The summed E-state index contributed by atoms with van der Waals surface area (Å²) in [4.78, 5) is 0. The van der Waals surface area contributed by atoms with Gasteiger partial charge in [0.05, 0.1) is 16.9 Å². The molecule has 2 rings (SSSR count). The van der Waals surface area contributed by atoms with Gasteiger partial charge < -0.3 is 5.32 Å². The topological polar surface area (TPSA) is 29.9 Å². The van der Waals surface area contributed by atoms with E-state index in [1.165, 1.54) is 0 Å². The molecule has 0 spiro atoms. The van der Waals surface area contributed by atoms with Gasteiger partial charge in [-0.3, -0.25) is 0 Å². The van der Waals surface area contributed by atoms with Gasteiger partial charge in [-0.25, -0.2) is 4.68 Å². The van der Waals surface area contributed by atoms with Gasteiger partial charge in [-0.1, -0.05) is 30.1 Å². The quantitative estimate of drug-likeness (QED) is 0.923. The van der Waals surface area contributed by atoms with E-state index in [0.717, 1.165) is 24.3 Å². The molecular formula is C12H13Cl2N3. The lowest BCUT2D eigenvalue weighted by atomic mass is 10.3. The number of rotatable bonds is 4. The SMILES string of the molecule is CCNCc1cnn(-c2ccc(Cl)cc2Cl)c1. The Labute approximate surface area is 110 Å². The van der Waals surface area contributed by atoms with Crippen LogP contribution in [0, 0.1) is 0 Å². The van der Waals surface area contributed by atoms with Crippen LogP contribution in [0.4, 0.5) is 0 Å². The van der Waals surface area contributed by atoms with Gasteiger partial charge in [-0.15, -0.1) is 0 Å². The van der Waals surface area contributed by atoms with Crippen LogP contribution >= 0.6 is 23.2 Å². The fourth-order valence-corrected chi connectivity index (χ4v) is 2.01. The number of nitrogens with one attached hydrogen (secondary N) is 1. The van der Waals surface area contributed by atoms with Crippen LogP contribution in [-0.2, 0) is 6.54 Å². The number of benzene rings is 1. The summed E-state index contributed by atoms with van der Waals surface area (Å²) in [6, 6.07) is 5.37. The van der Waals surface area contributed by atoms with Gasteiger partial charge in [-0.05, 0) is 24.7 Å². The summed E-state index contributed by atoms with van der Waals surface area (Å²) in [5, 5.41) is 8.74. The number of nitrogens with zero attached hydrogens (tertiary/aromatic N) is 2. The summed E-state index contributed by atoms with van der Waals surface area (Å²) in [7, 11) is 0. The van der Waals surface area contributed by atoms with E-state index >= 15 is 0 Å².